The van der Waals surface area contributed by atoms with Crippen molar-refractivity contribution in [2.75, 3.05) is 20.3 Å². The minimum absolute atomic E-state index is 0.128. The third-order valence-corrected chi connectivity index (χ3v) is 4.14. The molecule has 1 fully saturated rings. The molecule has 0 atom stereocenters. The van der Waals surface area contributed by atoms with Crippen LogP contribution in [0.2, 0.25) is 0 Å². The molecule has 0 aromatic heterocycles. The van der Waals surface area contributed by atoms with Crippen LogP contribution in [0.4, 0.5) is 0 Å². The van der Waals surface area contributed by atoms with E-state index in [2.05, 4.69) is 26.8 Å². The van der Waals surface area contributed by atoms with E-state index in [0.29, 0.717) is 19.6 Å². The Kier molecular flexibility index (Phi) is 3.68. The molecule has 19 heavy (non-hydrogen) atoms. The minimum atomic E-state index is -0.128. The largest absolute Gasteiger partial charge is 0.496 e. The molecule has 0 radical (unpaired) electrons. The van der Waals surface area contributed by atoms with E-state index in [4.69, 9.17) is 9.47 Å². The van der Waals surface area contributed by atoms with Crippen molar-refractivity contribution in [3.8, 4) is 5.75 Å². The summed E-state index contributed by atoms with van der Waals surface area (Å²) >= 11 is 0. The quantitative estimate of drug-likeness (QED) is 0.837. The third kappa shape index (κ3) is 2.27. The normalized spacial score (nSPS) is 16.9. The number of benzene rings is 1. The molecular formula is C16H22O3. The number of ketones is 1. The standard InChI is InChI=1S/C16H22O3/c1-10-6-14(18-5)12(3)13(4)15(10)16(7-11(2)17)8-19-9-16/h6H,7-9H2,1-5H3. The summed E-state index contributed by atoms with van der Waals surface area (Å²) in [4.78, 5) is 11.6. The molecule has 2 rings (SSSR count). The fraction of sp³-hybridized carbons (Fsp3) is 0.562. The van der Waals surface area contributed by atoms with E-state index in [9.17, 15) is 4.79 Å². The second-order valence-corrected chi connectivity index (χ2v) is 5.67. The molecule has 0 saturated carbocycles. The molecule has 0 amide bonds. The molecule has 0 N–H and O–H groups in total. The lowest BCUT2D eigenvalue weighted by Crippen LogP contribution is -2.49. The molecule has 1 aromatic rings. The van der Waals surface area contributed by atoms with Gasteiger partial charge in [-0.15, -0.1) is 0 Å². The van der Waals surface area contributed by atoms with Gasteiger partial charge in [0.2, 0.25) is 0 Å². The maximum Gasteiger partial charge on any atom is 0.130 e. The van der Waals surface area contributed by atoms with Crippen LogP contribution in [0.1, 0.15) is 35.6 Å². The molecule has 1 saturated heterocycles. The van der Waals surface area contributed by atoms with Crippen molar-refractivity contribution >= 4 is 5.78 Å². The topological polar surface area (TPSA) is 35.5 Å². The lowest BCUT2D eigenvalue weighted by Gasteiger charge is -2.43. The maximum atomic E-state index is 11.6. The Labute approximate surface area is 114 Å². The number of carbonyl (C=O) groups is 1. The molecule has 104 valence electrons. The number of hydrogen-bond acceptors (Lipinski definition) is 3. The fourth-order valence-corrected chi connectivity index (χ4v) is 3.23. The van der Waals surface area contributed by atoms with Crippen LogP contribution in [0.15, 0.2) is 6.07 Å². The van der Waals surface area contributed by atoms with E-state index >= 15 is 0 Å². The van der Waals surface area contributed by atoms with Gasteiger partial charge in [0.05, 0.1) is 20.3 Å². The van der Waals surface area contributed by atoms with Crippen LogP contribution in [0.5, 0.6) is 5.75 Å². The zero-order valence-electron chi connectivity index (χ0n) is 12.4. The predicted molar refractivity (Wildman–Crippen MR) is 75.0 cm³/mol. The van der Waals surface area contributed by atoms with E-state index in [1.54, 1.807) is 14.0 Å². The van der Waals surface area contributed by atoms with Gasteiger partial charge >= 0.3 is 0 Å². The molecule has 1 aliphatic rings. The first-order chi connectivity index (χ1) is 8.91. The Hall–Kier alpha value is -1.35. The summed E-state index contributed by atoms with van der Waals surface area (Å²) in [6.45, 7) is 9.20. The van der Waals surface area contributed by atoms with Crippen molar-refractivity contribution in [1.29, 1.82) is 0 Å². The van der Waals surface area contributed by atoms with E-state index in [1.807, 2.05) is 0 Å². The summed E-state index contributed by atoms with van der Waals surface area (Å²) in [5, 5.41) is 0. The summed E-state index contributed by atoms with van der Waals surface area (Å²) in [6, 6.07) is 2.07. The van der Waals surface area contributed by atoms with Gasteiger partial charge in [0.15, 0.2) is 0 Å². The van der Waals surface area contributed by atoms with Crippen molar-refractivity contribution in [1.82, 2.24) is 0 Å². The molecular weight excluding hydrogens is 240 g/mol. The van der Waals surface area contributed by atoms with Crippen LogP contribution in [-0.2, 0) is 14.9 Å². The van der Waals surface area contributed by atoms with E-state index in [0.717, 1.165) is 11.3 Å². The zero-order valence-corrected chi connectivity index (χ0v) is 12.4. The van der Waals surface area contributed by atoms with Crippen LogP contribution in [0.3, 0.4) is 0 Å². The van der Waals surface area contributed by atoms with E-state index in [-0.39, 0.29) is 11.2 Å². The first kappa shape index (κ1) is 14.1. The molecule has 1 aromatic carbocycles. The number of hydrogen-bond donors (Lipinski definition) is 0. The maximum absolute atomic E-state index is 11.6. The van der Waals surface area contributed by atoms with E-state index in [1.165, 1.54) is 16.7 Å². The third-order valence-electron chi connectivity index (χ3n) is 4.14. The number of Topliss-reactive ketones (excluding diaryl/α,β-unsaturated/α-hetero) is 1. The number of ether oxygens (including phenoxy) is 2. The summed E-state index contributed by atoms with van der Waals surface area (Å²) in [6.07, 6.45) is 0.556. The van der Waals surface area contributed by atoms with Crippen molar-refractivity contribution < 1.29 is 14.3 Å². The highest BCUT2D eigenvalue weighted by Gasteiger charge is 2.43. The fourth-order valence-electron chi connectivity index (χ4n) is 3.23. The average molecular weight is 262 g/mol. The SMILES string of the molecule is COc1cc(C)c(C2(CC(C)=O)COC2)c(C)c1C. The number of carbonyl (C=O) groups excluding carboxylic acids is 1. The monoisotopic (exact) mass is 262 g/mol. The molecule has 0 unspecified atom stereocenters. The lowest BCUT2D eigenvalue weighted by atomic mass is 9.70. The Morgan fingerprint density at radius 1 is 1.32 bits per heavy atom. The first-order valence-electron chi connectivity index (χ1n) is 6.64. The predicted octanol–water partition coefficient (Wildman–Crippen LogP) is 2.87. The van der Waals surface area contributed by atoms with Gasteiger partial charge in [0, 0.05) is 11.8 Å². The highest BCUT2D eigenvalue weighted by atomic mass is 16.5. The van der Waals surface area contributed by atoms with Gasteiger partial charge < -0.3 is 9.47 Å². The molecule has 1 heterocycles. The minimum Gasteiger partial charge on any atom is -0.496 e. The summed E-state index contributed by atoms with van der Waals surface area (Å²) in [5.41, 5.74) is 4.70. The second kappa shape index (κ2) is 4.97. The average Bonchev–Trinajstić information content (AvgIpc) is 2.30. The van der Waals surface area contributed by atoms with Gasteiger partial charge in [-0.1, -0.05) is 0 Å². The van der Waals surface area contributed by atoms with Gasteiger partial charge in [-0.25, -0.2) is 0 Å². The van der Waals surface area contributed by atoms with Crippen LogP contribution in [-0.4, -0.2) is 26.1 Å². The summed E-state index contributed by atoms with van der Waals surface area (Å²) < 4.78 is 10.8. The zero-order chi connectivity index (χ0) is 14.2. The first-order valence-corrected chi connectivity index (χ1v) is 6.64. The summed E-state index contributed by atoms with van der Waals surface area (Å²) in [5.74, 6) is 1.13. The van der Waals surface area contributed by atoms with Crippen LogP contribution < -0.4 is 4.74 Å². The van der Waals surface area contributed by atoms with Gasteiger partial charge in [0.1, 0.15) is 11.5 Å². The van der Waals surface area contributed by atoms with Crippen LogP contribution in [0.25, 0.3) is 0 Å². The highest BCUT2D eigenvalue weighted by Crippen LogP contribution is 2.42. The Balaban J connectivity index is 2.55. The number of rotatable bonds is 4. The van der Waals surface area contributed by atoms with E-state index < -0.39 is 0 Å². The molecule has 0 aliphatic carbocycles. The van der Waals surface area contributed by atoms with Crippen molar-refractivity contribution in [3.05, 3.63) is 28.3 Å². The van der Waals surface area contributed by atoms with Crippen molar-refractivity contribution in [2.45, 2.75) is 39.5 Å². The Morgan fingerprint density at radius 2 is 1.95 bits per heavy atom. The second-order valence-electron chi connectivity index (χ2n) is 5.67. The molecule has 0 bridgehead atoms. The molecule has 3 nitrogen and oxygen atoms in total. The molecule has 1 aliphatic heterocycles. The lowest BCUT2D eigenvalue weighted by molar-refractivity contribution is -0.125. The Morgan fingerprint density at radius 3 is 2.37 bits per heavy atom. The summed E-state index contributed by atoms with van der Waals surface area (Å²) in [7, 11) is 1.69. The van der Waals surface area contributed by atoms with Gasteiger partial charge in [0.25, 0.3) is 0 Å². The van der Waals surface area contributed by atoms with Crippen LogP contribution >= 0.6 is 0 Å². The molecule has 0 spiro atoms. The number of aryl methyl sites for hydroxylation is 1. The Bertz CT molecular complexity index is 513. The van der Waals surface area contributed by atoms with Crippen molar-refractivity contribution in [2.24, 2.45) is 0 Å². The van der Waals surface area contributed by atoms with Crippen molar-refractivity contribution in [3.63, 3.8) is 0 Å². The van der Waals surface area contributed by atoms with Gasteiger partial charge in [-0.3, -0.25) is 4.79 Å². The van der Waals surface area contributed by atoms with Gasteiger partial charge in [-0.05, 0) is 56.0 Å². The molecule has 3 heteroatoms. The van der Waals surface area contributed by atoms with Crippen LogP contribution in [0, 0.1) is 20.8 Å². The van der Waals surface area contributed by atoms with Gasteiger partial charge in [-0.2, -0.15) is 0 Å². The number of methoxy groups -OCH3 is 1. The smallest absolute Gasteiger partial charge is 0.130 e. The highest BCUT2D eigenvalue weighted by molar-refractivity contribution is 5.78.